The molecule has 28 heavy (non-hydrogen) atoms. The summed E-state index contributed by atoms with van der Waals surface area (Å²) in [5.74, 6) is -0.281. The molecule has 0 aliphatic carbocycles. The Bertz CT molecular complexity index is 1120. The molecule has 0 radical (unpaired) electrons. The Kier molecular flexibility index (Phi) is 5.45. The number of thiophene rings is 1. The van der Waals surface area contributed by atoms with Crippen molar-refractivity contribution in [1.82, 2.24) is 15.2 Å². The van der Waals surface area contributed by atoms with Gasteiger partial charge in [-0.1, -0.05) is 36.4 Å². The molecule has 138 valence electrons. The maximum absolute atomic E-state index is 12.3. The molecule has 1 N–H and O–H groups in total. The van der Waals surface area contributed by atoms with Crippen molar-refractivity contribution in [2.75, 3.05) is 0 Å². The van der Waals surface area contributed by atoms with Gasteiger partial charge in [-0.15, -0.1) is 11.3 Å². The van der Waals surface area contributed by atoms with Crippen molar-refractivity contribution in [2.24, 2.45) is 5.10 Å². The number of para-hydroxylation sites is 1. The van der Waals surface area contributed by atoms with Gasteiger partial charge in [-0.05, 0) is 51.6 Å². The molecule has 2 heterocycles. The highest BCUT2D eigenvalue weighted by molar-refractivity contribution is 9.10. The van der Waals surface area contributed by atoms with Gasteiger partial charge in [-0.3, -0.25) is 4.79 Å². The van der Waals surface area contributed by atoms with E-state index in [0.717, 1.165) is 26.3 Å². The van der Waals surface area contributed by atoms with E-state index in [1.54, 1.807) is 23.6 Å². The van der Waals surface area contributed by atoms with Crippen LogP contribution < -0.4 is 5.43 Å². The summed E-state index contributed by atoms with van der Waals surface area (Å²) in [6.07, 6.45) is 3.52. The lowest BCUT2D eigenvalue weighted by Gasteiger charge is -2.01. The summed E-state index contributed by atoms with van der Waals surface area (Å²) >= 11 is 4.98. The van der Waals surface area contributed by atoms with E-state index in [1.165, 1.54) is 0 Å². The topological polar surface area (TPSA) is 59.3 Å². The third-order valence-corrected chi connectivity index (χ3v) is 5.57. The lowest BCUT2D eigenvalue weighted by atomic mass is 10.2. The average molecular weight is 451 g/mol. The van der Waals surface area contributed by atoms with E-state index in [0.29, 0.717) is 5.56 Å². The zero-order chi connectivity index (χ0) is 19.3. The van der Waals surface area contributed by atoms with Crippen molar-refractivity contribution in [3.05, 3.63) is 93.9 Å². The van der Waals surface area contributed by atoms with Crippen LogP contribution >= 0.6 is 27.3 Å². The molecule has 2 aromatic heterocycles. The Morgan fingerprint density at radius 3 is 2.61 bits per heavy atom. The van der Waals surface area contributed by atoms with Gasteiger partial charge in [0, 0.05) is 16.2 Å². The second-order valence-corrected chi connectivity index (χ2v) is 7.67. The van der Waals surface area contributed by atoms with Gasteiger partial charge in [-0.25, -0.2) is 10.1 Å². The highest BCUT2D eigenvalue weighted by Crippen LogP contribution is 2.26. The molecule has 7 heteroatoms. The van der Waals surface area contributed by atoms with Crippen molar-refractivity contribution >= 4 is 39.4 Å². The number of hydrazone groups is 1. The third-order valence-electron chi connectivity index (χ3n) is 4.01. The van der Waals surface area contributed by atoms with Gasteiger partial charge in [0.05, 0.1) is 22.3 Å². The van der Waals surface area contributed by atoms with E-state index in [9.17, 15) is 4.79 Å². The van der Waals surface area contributed by atoms with Gasteiger partial charge in [0.1, 0.15) is 5.69 Å². The van der Waals surface area contributed by atoms with Crippen molar-refractivity contribution in [1.29, 1.82) is 0 Å². The highest BCUT2D eigenvalue weighted by atomic mass is 79.9. The molecule has 2 aromatic carbocycles. The van der Waals surface area contributed by atoms with Gasteiger partial charge < -0.3 is 0 Å². The summed E-state index contributed by atoms with van der Waals surface area (Å²) in [6, 6.07) is 21.1. The summed E-state index contributed by atoms with van der Waals surface area (Å²) in [4.78, 5) is 13.4. The number of hydrogen-bond acceptors (Lipinski definition) is 4. The summed E-state index contributed by atoms with van der Waals surface area (Å²) in [6.45, 7) is 0. The van der Waals surface area contributed by atoms with Crippen molar-refractivity contribution in [3.8, 4) is 16.3 Å². The number of halogens is 1. The number of hydrogen-bond donors (Lipinski definition) is 1. The van der Waals surface area contributed by atoms with Gasteiger partial charge in [-0.2, -0.15) is 10.2 Å². The van der Waals surface area contributed by atoms with E-state index in [-0.39, 0.29) is 5.91 Å². The third kappa shape index (κ3) is 3.95. The van der Waals surface area contributed by atoms with Crippen LogP contribution in [0.1, 0.15) is 15.9 Å². The molecule has 4 aromatic rings. The molecule has 1 amide bonds. The van der Waals surface area contributed by atoms with Crippen LogP contribution in [0.2, 0.25) is 0 Å². The summed E-state index contributed by atoms with van der Waals surface area (Å²) < 4.78 is 2.53. The molecule has 0 aliphatic rings. The number of amides is 1. The molecule has 0 bridgehead atoms. The molecule has 4 rings (SSSR count). The van der Waals surface area contributed by atoms with Crippen LogP contribution in [0.3, 0.4) is 0 Å². The summed E-state index contributed by atoms with van der Waals surface area (Å²) in [5, 5.41) is 10.9. The monoisotopic (exact) mass is 450 g/mol. The van der Waals surface area contributed by atoms with E-state index >= 15 is 0 Å². The molecule has 0 saturated carbocycles. The minimum Gasteiger partial charge on any atom is -0.267 e. The minimum atomic E-state index is -0.281. The smallest absolute Gasteiger partial charge is 0.267 e. The second kappa shape index (κ2) is 8.33. The lowest BCUT2D eigenvalue weighted by molar-refractivity contribution is 0.0954. The number of carbonyl (C=O) groups is 1. The largest absolute Gasteiger partial charge is 0.272 e. The first kappa shape index (κ1) is 18.3. The van der Waals surface area contributed by atoms with Gasteiger partial charge in [0.2, 0.25) is 0 Å². The maximum atomic E-state index is 12.3. The van der Waals surface area contributed by atoms with Crippen molar-refractivity contribution in [3.63, 3.8) is 0 Å². The van der Waals surface area contributed by atoms with Crippen molar-refractivity contribution in [2.45, 2.75) is 0 Å². The quantitative estimate of drug-likeness (QED) is 0.338. The Balaban J connectivity index is 1.61. The zero-order valence-corrected chi connectivity index (χ0v) is 17.0. The SMILES string of the molecule is O=C(N/N=C/c1cn(-c2ccccc2)nc1-c1cccs1)c1ccccc1Br. The van der Waals surface area contributed by atoms with Gasteiger partial charge in [0.15, 0.2) is 0 Å². The first-order chi connectivity index (χ1) is 13.7. The van der Waals surface area contributed by atoms with Crippen LogP contribution in [0.4, 0.5) is 0 Å². The molecule has 5 nitrogen and oxygen atoms in total. The van der Waals surface area contributed by atoms with Gasteiger partial charge in [0.25, 0.3) is 5.91 Å². The molecule has 0 atom stereocenters. The normalized spacial score (nSPS) is 11.0. The highest BCUT2D eigenvalue weighted by Gasteiger charge is 2.12. The van der Waals surface area contributed by atoms with Crippen LogP contribution in [-0.2, 0) is 0 Å². The van der Waals surface area contributed by atoms with E-state index in [1.807, 2.05) is 76.9 Å². The fraction of sp³-hybridized carbons (Fsp3) is 0. The van der Waals surface area contributed by atoms with E-state index in [4.69, 9.17) is 5.10 Å². The predicted molar refractivity (Wildman–Crippen MR) is 116 cm³/mol. The van der Waals surface area contributed by atoms with Crippen LogP contribution in [0.5, 0.6) is 0 Å². The van der Waals surface area contributed by atoms with Gasteiger partial charge >= 0.3 is 0 Å². The molecular weight excluding hydrogens is 436 g/mol. The molecule has 0 fully saturated rings. The number of benzene rings is 2. The zero-order valence-electron chi connectivity index (χ0n) is 14.6. The first-order valence-corrected chi connectivity index (χ1v) is 10.2. The Labute approximate surface area is 174 Å². The molecule has 0 aliphatic heterocycles. The minimum absolute atomic E-state index is 0.281. The molecular formula is C21H15BrN4OS. The van der Waals surface area contributed by atoms with Crippen LogP contribution in [0.15, 0.2) is 87.9 Å². The van der Waals surface area contributed by atoms with E-state index < -0.39 is 0 Å². The maximum Gasteiger partial charge on any atom is 0.272 e. The predicted octanol–water partition coefficient (Wildman–Crippen LogP) is 5.13. The second-order valence-electron chi connectivity index (χ2n) is 5.87. The van der Waals surface area contributed by atoms with Crippen molar-refractivity contribution < 1.29 is 4.79 Å². The summed E-state index contributed by atoms with van der Waals surface area (Å²) in [5.41, 5.74) is 5.69. The Morgan fingerprint density at radius 1 is 1.07 bits per heavy atom. The fourth-order valence-electron chi connectivity index (χ4n) is 2.67. The van der Waals surface area contributed by atoms with E-state index in [2.05, 4.69) is 26.5 Å². The van der Waals surface area contributed by atoms with Crippen LogP contribution in [0.25, 0.3) is 16.3 Å². The number of rotatable bonds is 5. The van der Waals surface area contributed by atoms with Crippen LogP contribution in [-0.4, -0.2) is 21.9 Å². The van der Waals surface area contributed by atoms with Crippen LogP contribution in [0, 0.1) is 0 Å². The lowest BCUT2D eigenvalue weighted by Crippen LogP contribution is -2.18. The Morgan fingerprint density at radius 2 is 1.86 bits per heavy atom. The standard InChI is InChI=1S/C21H15BrN4OS/c22-18-10-5-4-9-17(18)21(27)24-23-13-15-14-26(16-7-2-1-3-8-16)25-20(15)19-11-6-12-28-19/h1-14H,(H,24,27)/b23-13+. The number of nitrogens with one attached hydrogen (secondary N) is 1. The molecule has 0 spiro atoms. The summed E-state index contributed by atoms with van der Waals surface area (Å²) in [7, 11) is 0. The fourth-order valence-corrected chi connectivity index (χ4v) is 3.86. The molecule has 0 unspecified atom stereocenters. The Hall–Kier alpha value is -3.03. The number of nitrogens with zero attached hydrogens (tertiary/aromatic N) is 3. The first-order valence-electron chi connectivity index (χ1n) is 8.49. The molecule has 0 saturated heterocycles. The number of carbonyl (C=O) groups excluding carboxylic acids is 1. The average Bonchev–Trinajstić information content (AvgIpc) is 3.39. The number of aromatic nitrogens is 2.